The van der Waals surface area contributed by atoms with Crippen LogP contribution in [0.2, 0.25) is 0 Å². The van der Waals surface area contributed by atoms with Crippen molar-refractivity contribution >= 4 is 11.6 Å². The number of nitrogens with zero attached hydrogens (tertiary/aromatic N) is 5. The third-order valence-electron chi connectivity index (χ3n) is 2.33. The summed E-state index contributed by atoms with van der Waals surface area (Å²) in [6, 6.07) is 0. The molecule has 2 aromatic heterocycles. The average molecular weight is 248 g/mol. The first-order valence-electron chi connectivity index (χ1n) is 5.36. The maximum atomic E-state index is 11.0. The van der Waals surface area contributed by atoms with Gasteiger partial charge in [-0.05, 0) is 6.92 Å². The van der Waals surface area contributed by atoms with E-state index in [2.05, 4.69) is 20.3 Å². The Bertz CT molecular complexity index is 579. The number of anilines is 1. The van der Waals surface area contributed by atoms with Gasteiger partial charge in [-0.15, -0.1) is 0 Å². The van der Waals surface area contributed by atoms with Gasteiger partial charge < -0.3 is 9.88 Å². The van der Waals surface area contributed by atoms with Crippen LogP contribution < -0.4 is 5.32 Å². The van der Waals surface area contributed by atoms with Crippen LogP contribution >= 0.6 is 0 Å². The van der Waals surface area contributed by atoms with Gasteiger partial charge in [0.15, 0.2) is 11.5 Å². The van der Waals surface area contributed by atoms with E-state index in [0.717, 1.165) is 0 Å². The molecule has 1 N–H and O–H groups in total. The highest BCUT2D eigenvalue weighted by molar-refractivity contribution is 5.64. The second kappa shape index (κ2) is 4.78. The molecule has 94 valence electrons. The summed E-state index contributed by atoms with van der Waals surface area (Å²) in [4.78, 5) is 22.6. The van der Waals surface area contributed by atoms with Crippen LogP contribution in [0.25, 0.3) is 11.5 Å². The summed E-state index contributed by atoms with van der Waals surface area (Å²) in [5.74, 6) is 0.782. The number of imidazole rings is 1. The molecule has 0 aliphatic heterocycles. The molecule has 0 atom stereocenters. The Kier molecular flexibility index (Phi) is 3.18. The lowest BCUT2D eigenvalue weighted by molar-refractivity contribution is -0.384. The van der Waals surface area contributed by atoms with Crippen LogP contribution in [0.15, 0.2) is 18.6 Å². The molecule has 0 unspecified atom stereocenters. The predicted molar refractivity (Wildman–Crippen MR) is 65.1 cm³/mol. The molecule has 2 aromatic rings. The molecular weight excluding hydrogens is 236 g/mol. The summed E-state index contributed by atoms with van der Waals surface area (Å²) < 4.78 is 1.67. The number of rotatable bonds is 4. The molecule has 0 bridgehead atoms. The van der Waals surface area contributed by atoms with Crippen LogP contribution in [0.5, 0.6) is 0 Å². The summed E-state index contributed by atoms with van der Waals surface area (Å²) in [6.45, 7) is 2.53. The van der Waals surface area contributed by atoms with Gasteiger partial charge in [0, 0.05) is 26.0 Å². The molecule has 0 aromatic carbocycles. The van der Waals surface area contributed by atoms with Gasteiger partial charge in [-0.1, -0.05) is 0 Å². The molecule has 0 spiro atoms. The summed E-state index contributed by atoms with van der Waals surface area (Å²) in [6.07, 6.45) is 4.46. The summed E-state index contributed by atoms with van der Waals surface area (Å²) in [5, 5.41) is 13.9. The molecule has 18 heavy (non-hydrogen) atoms. The molecule has 2 heterocycles. The van der Waals surface area contributed by atoms with Gasteiger partial charge in [0.05, 0.1) is 4.92 Å². The quantitative estimate of drug-likeness (QED) is 0.645. The lowest BCUT2D eigenvalue weighted by Crippen LogP contribution is -2.06. The van der Waals surface area contributed by atoms with Gasteiger partial charge in [-0.25, -0.2) is 15.0 Å². The van der Waals surface area contributed by atoms with Crippen molar-refractivity contribution in [3.05, 3.63) is 28.7 Å². The van der Waals surface area contributed by atoms with Crippen molar-refractivity contribution < 1.29 is 4.92 Å². The number of aryl methyl sites for hydroxylation is 1. The van der Waals surface area contributed by atoms with Crippen LogP contribution in [-0.2, 0) is 7.05 Å². The largest absolute Gasteiger partial charge is 0.354 e. The summed E-state index contributed by atoms with van der Waals surface area (Å²) in [5.41, 5.74) is 0.0457. The SMILES string of the molecule is CCNc1ncc([N+](=O)[O-])c(-c2nccn2C)n1. The number of hydrogen-bond acceptors (Lipinski definition) is 6. The maximum Gasteiger partial charge on any atom is 0.317 e. The number of aromatic nitrogens is 4. The fourth-order valence-corrected chi connectivity index (χ4v) is 1.51. The zero-order valence-corrected chi connectivity index (χ0v) is 9.99. The molecule has 0 saturated heterocycles. The highest BCUT2D eigenvalue weighted by atomic mass is 16.6. The van der Waals surface area contributed by atoms with E-state index in [4.69, 9.17) is 0 Å². The Morgan fingerprint density at radius 2 is 2.28 bits per heavy atom. The van der Waals surface area contributed by atoms with Crippen LogP contribution in [0.4, 0.5) is 11.6 Å². The van der Waals surface area contributed by atoms with Crippen molar-refractivity contribution in [3.63, 3.8) is 0 Å². The zero-order chi connectivity index (χ0) is 13.1. The lowest BCUT2D eigenvalue weighted by atomic mass is 10.3. The van der Waals surface area contributed by atoms with Crippen molar-refractivity contribution in [2.24, 2.45) is 7.05 Å². The third-order valence-corrected chi connectivity index (χ3v) is 2.33. The van der Waals surface area contributed by atoms with Gasteiger partial charge in [-0.2, -0.15) is 0 Å². The van der Waals surface area contributed by atoms with Gasteiger partial charge in [-0.3, -0.25) is 10.1 Å². The van der Waals surface area contributed by atoms with E-state index in [0.29, 0.717) is 18.3 Å². The van der Waals surface area contributed by atoms with E-state index in [9.17, 15) is 10.1 Å². The number of nitro groups is 1. The second-order valence-electron chi connectivity index (χ2n) is 3.58. The molecule has 0 saturated carbocycles. The van der Waals surface area contributed by atoms with E-state index in [1.165, 1.54) is 6.20 Å². The van der Waals surface area contributed by atoms with Crippen LogP contribution in [-0.4, -0.2) is 31.0 Å². The predicted octanol–water partition coefficient (Wildman–Crippen LogP) is 1.22. The molecule has 0 aliphatic rings. The molecule has 0 radical (unpaired) electrons. The number of nitrogens with one attached hydrogen (secondary N) is 1. The Hall–Kier alpha value is -2.51. The monoisotopic (exact) mass is 248 g/mol. The molecule has 0 aliphatic carbocycles. The van der Waals surface area contributed by atoms with Crippen molar-refractivity contribution in [2.75, 3.05) is 11.9 Å². The Morgan fingerprint density at radius 1 is 1.50 bits per heavy atom. The van der Waals surface area contributed by atoms with E-state index >= 15 is 0 Å². The fourth-order valence-electron chi connectivity index (χ4n) is 1.51. The van der Waals surface area contributed by atoms with Crippen LogP contribution in [0.3, 0.4) is 0 Å². The highest BCUT2D eigenvalue weighted by Gasteiger charge is 2.21. The summed E-state index contributed by atoms with van der Waals surface area (Å²) in [7, 11) is 1.75. The zero-order valence-electron chi connectivity index (χ0n) is 9.99. The molecule has 0 fully saturated rings. The molecule has 8 heteroatoms. The average Bonchev–Trinajstić information content (AvgIpc) is 2.75. The summed E-state index contributed by atoms with van der Waals surface area (Å²) >= 11 is 0. The standard InChI is InChI=1S/C10H12N6O2/c1-3-11-10-13-6-7(16(17)18)8(14-10)9-12-4-5-15(9)2/h4-6H,3H2,1-2H3,(H,11,13,14). The topological polar surface area (TPSA) is 98.8 Å². The van der Waals surface area contributed by atoms with Gasteiger partial charge in [0.1, 0.15) is 6.20 Å². The van der Waals surface area contributed by atoms with Crippen LogP contribution in [0.1, 0.15) is 6.92 Å². The first-order valence-corrected chi connectivity index (χ1v) is 5.36. The van der Waals surface area contributed by atoms with E-state index in [-0.39, 0.29) is 11.4 Å². The Labute approximate surface area is 103 Å². The minimum atomic E-state index is -0.514. The van der Waals surface area contributed by atoms with Gasteiger partial charge in [0.2, 0.25) is 5.95 Å². The van der Waals surface area contributed by atoms with Gasteiger partial charge >= 0.3 is 5.69 Å². The Morgan fingerprint density at radius 3 is 2.83 bits per heavy atom. The van der Waals surface area contributed by atoms with Gasteiger partial charge in [0.25, 0.3) is 0 Å². The van der Waals surface area contributed by atoms with E-state index in [1.54, 1.807) is 24.0 Å². The molecule has 0 amide bonds. The maximum absolute atomic E-state index is 11.0. The van der Waals surface area contributed by atoms with Crippen molar-refractivity contribution in [1.82, 2.24) is 19.5 Å². The van der Waals surface area contributed by atoms with Crippen LogP contribution in [0, 0.1) is 10.1 Å². The first-order chi connectivity index (χ1) is 8.63. The lowest BCUT2D eigenvalue weighted by Gasteiger charge is -2.05. The van der Waals surface area contributed by atoms with E-state index in [1.807, 2.05) is 6.92 Å². The van der Waals surface area contributed by atoms with Crippen molar-refractivity contribution in [2.45, 2.75) is 6.92 Å². The molecule has 2 rings (SSSR count). The second-order valence-corrected chi connectivity index (χ2v) is 3.58. The van der Waals surface area contributed by atoms with Crippen molar-refractivity contribution in [1.29, 1.82) is 0 Å². The molecule has 8 nitrogen and oxygen atoms in total. The highest BCUT2D eigenvalue weighted by Crippen LogP contribution is 2.26. The third kappa shape index (κ3) is 2.12. The normalized spacial score (nSPS) is 10.3. The minimum Gasteiger partial charge on any atom is -0.354 e. The first kappa shape index (κ1) is 12.0. The molecular formula is C10H12N6O2. The Balaban J connectivity index is 2.58. The smallest absolute Gasteiger partial charge is 0.317 e. The van der Waals surface area contributed by atoms with Crippen molar-refractivity contribution in [3.8, 4) is 11.5 Å². The number of hydrogen-bond donors (Lipinski definition) is 1. The van der Waals surface area contributed by atoms with E-state index < -0.39 is 4.92 Å². The minimum absolute atomic E-state index is 0.161. The fraction of sp³-hybridized carbons (Fsp3) is 0.300.